The SMILES string of the molecule is N[C@H]1C(OS(=O)(=O)O)[C@@H](O)C(CO)O[C@H]1O. The van der Waals surface area contributed by atoms with Crippen LogP contribution in [0.2, 0.25) is 0 Å². The molecule has 1 aliphatic heterocycles. The van der Waals surface area contributed by atoms with Gasteiger partial charge in [-0.3, -0.25) is 4.55 Å². The van der Waals surface area contributed by atoms with Crippen molar-refractivity contribution in [1.29, 1.82) is 0 Å². The number of hydrogen-bond acceptors (Lipinski definition) is 8. The lowest BCUT2D eigenvalue weighted by atomic mass is 9.98. The Balaban J connectivity index is 2.85. The third-order valence-electron chi connectivity index (χ3n) is 2.15. The van der Waals surface area contributed by atoms with E-state index in [2.05, 4.69) is 8.92 Å². The minimum Gasteiger partial charge on any atom is -0.394 e. The fourth-order valence-electron chi connectivity index (χ4n) is 1.36. The van der Waals surface area contributed by atoms with Gasteiger partial charge in [0.05, 0.1) is 12.6 Å². The summed E-state index contributed by atoms with van der Waals surface area (Å²) in [6.45, 7) is -0.670. The second-order valence-corrected chi connectivity index (χ2v) is 4.35. The van der Waals surface area contributed by atoms with E-state index in [4.69, 9.17) is 15.4 Å². The Morgan fingerprint density at radius 2 is 1.94 bits per heavy atom. The molecule has 0 bridgehead atoms. The molecule has 1 fully saturated rings. The Bertz CT molecular complexity index is 331. The number of hydrogen-bond donors (Lipinski definition) is 5. The summed E-state index contributed by atoms with van der Waals surface area (Å²) >= 11 is 0. The van der Waals surface area contributed by atoms with E-state index < -0.39 is 47.6 Å². The van der Waals surface area contributed by atoms with Crippen LogP contribution in [0.15, 0.2) is 0 Å². The van der Waals surface area contributed by atoms with Gasteiger partial charge in [-0.25, -0.2) is 4.18 Å². The highest BCUT2D eigenvalue weighted by Gasteiger charge is 2.45. The molecule has 16 heavy (non-hydrogen) atoms. The first-order chi connectivity index (χ1) is 7.26. The Morgan fingerprint density at radius 3 is 2.38 bits per heavy atom. The van der Waals surface area contributed by atoms with Gasteiger partial charge in [0.15, 0.2) is 6.29 Å². The van der Waals surface area contributed by atoms with Gasteiger partial charge < -0.3 is 25.8 Å². The van der Waals surface area contributed by atoms with Crippen molar-refractivity contribution < 1.29 is 37.2 Å². The van der Waals surface area contributed by atoms with Crippen LogP contribution in [0.1, 0.15) is 0 Å². The van der Waals surface area contributed by atoms with Gasteiger partial charge in [-0.15, -0.1) is 0 Å². The number of aliphatic hydroxyl groups is 3. The van der Waals surface area contributed by atoms with Gasteiger partial charge in [0.25, 0.3) is 0 Å². The maximum absolute atomic E-state index is 10.5. The van der Waals surface area contributed by atoms with Crippen LogP contribution >= 0.6 is 0 Å². The Hall–Kier alpha value is -0.330. The predicted octanol–water partition coefficient (Wildman–Crippen LogP) is -3.43. The Morgan fingerprint density at radius 1 is 1.38 bits per heavy atom. The zero-order valence-electron chi connectivity index (χ0n) is 8.00. The monoisotopic (exact) mass is 259 g/mol. The molecule has 96 valence electrons. The summed E-state index contributed by atoms with van der Waals surface area (Å²) in [5, 5.41) is 27.5. The molecule has 0 spiro atoms. The number of ether oxygens (including phenoxy) is 1. The molecule has 10 heteroatoms. The normalized spacial score (nSPS) is 40.9. The molecule has 0 radical (unpaired) electrons. The number of rotatable bonds is 3. The molecular formula is C6H13NO8S. The van der Waals surface area contributed by atoms with Crippen molar-refractivity contribution in [2.45, 2.75) is 30.6 Å². The standard InChI is InChI=1S/C6H13NO8S/c7-3-5(15-16(11,12)13)4(9)2(1-8)14-6(3)10/h2-6,8-10H,1,7H2,(H,11,12,13)/t2?,3-,4-,5?,6+/m0/s1. The van der Waals surface area contributed by atoms with Gasteiger partial charge in [-0.1, -0.05) is 0 Å². The van der Waals surface area contributed by atoms with E-state index in [0.29, 0.717) is 0 Å². The minimum absolute atomic E-state index is 0.670. The van der Waals surface area contributed by atoms with Gasteiger partial charge in [-0.2, -0.15) is 8.42 Å². The fourth-order valence-corrected chi connectivity index (χ4v) is 1.89. The summed E-state index contributed by atoms with van der Waals surface area (Å²) in [7, 11) is -4.83. The van der Waals surface area contributed by atoms with Gasteiger partial charge in [0.2, 0.25) is 0 Å². The average molecular weight is 259 g/mol. The quantitative estimate of drug-likeness (QED) is 0.325. The van der Waals surface area contributed by atoms with Crippen LogP contribution in [0.25, 0.3) is 0 Å². The summed E-state index contributed by atoms with van der Waals surface area (Å²) in [6, 6.07) is -1.38. The average Bonchev–Trinajstić information content (AvgIpc) is 2.17. The fraction of sp³-hybridized carbons (Fsp3) is 1.00. The molecule has 6 N–H and O–H groups in total. The smallest absolute Gasteiger partial charge is 0.394 e. The first-order valence-electron chi connectivity index (χ1n) is 4.30. The number of aliphatic hydroxyl groups excluding tert-OH is 3. The van der Waals surface area contributed by atoms with Crippen molar-refractivity contribution in [2.24, 2.45) is 5.73 Å². The molecular weight excluding hydrogens is 246 g/mol. The largest absolute Gasteiger partial charge is 0.397 e. The molecule has 5 atom stereocenters. The lowest BCUT2D eigenvalue weighted by Crippen LogP contribution is -2.63. The molecule has 0 amide bonds. The molecule has 9 nitrogen and oxygen atoms in total. The van der Waals surface area contributed by atoms with Gasteiger partial charge in [-0.05, 0) is 0 Å². The second-order valence-electron chi connectivity index (χ2n) is 3.30. The van der Waals surface area contributed by atoms with Gasteiger partial charge in [0, 0.05) is 0 Å². The highest BCUT2D eigenvalue weighted by atomic mass is 32.3. The third-order valence-corrected chi connectivity index (χ3v) is 2.62. The summed E-state index contributed by atoms with van der Waals surface area (Å²) in [6.07, 6.45) is -6.06. The highest BCUT2D eigenvalue weighted by molar-refractivity contribution is 7.80. The predicted molar refractivity (Wildman–Crippen MR) is 48.4 cm³/mol. The Kier molecular flexibility index (Phi) is 4.20. The highest BCUT2D eigenvalue weighted by Crippen LogP contribution is 2.21. The third kappa shape index (κ3) is 3.09. The summed E-state index contributed by atoms with van der Waals surface area (Å²) in [5.74, 6) is 0. The van der Waals surface area contributed by atoms with Crippen molar-refractivity contribution in [1.82, 2.24) is 0 Å². The Labute approximate surface area is 91.3 Å². The molecule has 0 aromatic carbocycles. The summed E-state index contributed by atoms with van der Waals surface area (Å²) in [4.78, 5) is 0. The van der Waals surface area contributed by atoms with Crippen molar-refractivity contribution in [3.8, 4) is 0 Å². The summed E-state index contributed by atoms with van der Waals surface area (Å²) in [5.41, 5.74) is 5.32. The van der Waals surface area contributed by atoms with Crippen molar-refractivity contribution in [2.75, 3.05) is 6.61 Å². The molecule has 1 heterocycles. The molecule has 1 saturated heterocycles. The maximum Gasteiger partial charge on any atom is 0.397 e. The van der Waals surface area contributed by atoms with Crippen LogP contribution in [0.5, 0.6) is 0 Å². The van der Waals surface area contributed by atoms with Crippen LogP contribution in [0.3, 0.4) is 0 Å². The van der Waals surface area contributed by atoms with E-state index >= 15 is 0 Å². The van der Waals surface area contributed by atoms with E-state index in [0.717, 1.165) is 0 Å². The minimum atomic E-state index is -4.83. The lowest BCUT2D eigenvalue weighted by molar-refractivity contribution is -0.244. The van der Waals surface area contributed by atoms with Crippen LogP contribution in [-0.4, -0.2) is 65.5 Å². The zero-order valence-corrected chi connectivity index (χ0v) is 8.82. The topological polar surface area (TPSA) is 160 Å². The van der Waals surface area contributed by atoms with E-state index in [9.17, 15) is 18.6 Å². The van der Waals surface area contributed by atoms with E-state index in [1.54, 1.807) is 0 Å². The van der Waals surface area contributed by atoms with Crippen LogP contribution in [-0.2, 0) is 19.3 Å². The molecule has 1 rings (SSSR count). The second kappa shape index (κ2) is 4.89. The zero-order chi connectivity index (χ0) is 12.5. The van der Waals surface area contributed by atoms with Gasteiger partial charge >= 0.3 is 10.4 Å². The molecule has 0 aromatic rings. The lowest BCUT2D eigenvalue weighted by Gasteiger charge is -2.39. The molecule has 2 unspecified atom stereocenters. The van der Waals surface area contributed by atoms with E-state index in [1.807, 2.05) is 0 Å². The van der Waals surface area contributed by atoms with Crippen LogP contribution in [0.4, 0.5) is 0 Å². The molecule has 0 aromatic heterocycles. The van der Waals surface area contributed by atoms with Crippen molar-refractivity contribution in [3.05, 3.63) is 0 Å². The first kappa shape index (κ1) is 13.7. The maximum atomic E-state index is 10.5. The number of nitrogens with two attached hydrogens (primary N) is 1. The van der Waals surface area contributed by atoms with Crippen molar-refractivity contribution >= 4 is 10.4 Å². The van der Waals surface area contributed by atoms with Crippen LogP contribution in [0, 0.1) is 0 Å². The summed E-state index contributed by atoms with van der Waals surface area (Å²) < 4.78 is 38.2. The van der Waals surface area contributed by atoms with E-state index in [-0.39, 0.29) is 0 Å². The molecule has 0 aliphatic carbocycles. The first-order valence-corrected chi connectivity index (χ1v) is 5.66. The molecule has 1 aliphatic rings. The van der Waals surface area contributed by atoms with Crippen LogP contribution < -0.4 is 5.73 Å². The molecule has 0 saturated carbocycles. The van der Waals surface area contributed by atoms with Gasteiger partial charge in [0.1, 0.15) is 18.3 Å². The van der Waals surface area contributed by atoms with Crippen molar-refractivity contribution in [3.63, 3.8) is 0 Å². The van der Waals surface area contributed by atoms with E-state index in [1.165, 1.54) is 0 Å².